The molecule has 1 aromatic heterocycles. The quantitative estimate of drug-likeness (QED) is 0.831. The van der Waals surface area contributed by atoms with Crippen molar-refractivity contribution < 1.29 is 9.59 Å². The van der Waals surface area contributed by atoms with E-state index < -0.39 is 5.38 Å². The number of amides is 2. The number of aryl methyl sites for hydroxylation is 1. The monoisotopic (exact) mass is 298 g/mol. The van der Waals surface area contributed by atoms with E-state index in [0.29, 0.717) is 13.0 Å². The molecule has 2 heterocycles. The number of imidazole rings is 1. The summed E-state index contributed by atoms with van der Waals surface area (Å²) < 4.78 is 1.90. The van der Waals surface area contributed by atoms with Crippen molar-refractivity contribution >= 4 is 23.4 Å². The molecule has 0 spiro atoms. The van der Waals surface area contributed by atoms with E-state index in [2.05, 4.69) is 10.3 Å². The first-order chi connectivity index (χ1) is 9.41. The molecule has 7 heteroatoms. The molecule has 1 aliphatic rings. The van der Waals surface area contributed by atoms with Crippen molar-refractivity contribution in [3.05, 3.63) is 18.2 Å². The second-order valence-corrected chi connectivity index (χ2v) is 5.83. The van der Waals surface area contributed by atoms with Crippen molar-refractivity contribution in [1.29, 1.82) is 0 Å². The van der Waals surface area contributed by atoms with Crippen LogP contribution in [0.15, 0.2) is 12.4 Å². The van der Waals surface area contributed by atoms with Crippen molar-refractivity contribution in [2.24, 2.45) is 13.0 Å². The van der Waals surface area contributed by atoms with Gasteiger partial charge in [0.1, 0.15) is 11.2 Å². The van der Waals surface area contributed by atoms with Gasteiger partial charge in [-0.05, 0) is 6.92 Å². The Labute approximate surface area is 123 Å². The highest BCUT2D eigenvalue weighted by Crippen LogP contribution is 2.35. The molecule has 6 nitrogen and oxygen atoms in total. The number of aromatic nitrogens is 2. The maximum atomic E-state index is 11.9. The first-order valence-corrected chi connectivity index (χ1v) is 7.00. The summed E-state index contributed by atoms with van der Waals surface area (Å²) in [5.74, 6) is 0.688. The van der Waals surface area contributed by atoms with E-state index in [1.807, 2.05) is 17.8 Å². The molecule has 0 aliphatic carbocycles. The molecule has 1 N–H and O–H groups in total. The van der Waals surface area contributed by atoms with Gasteiger partial charge in [-0.25, -0.2) is 4.98 Å². The third kappa shape index (κ3) is 2.80. The number of nitrogens with one attached hydrogen (secondary N) is 1. The summed E-state index contributed by atoms with van der Waals surface area (Å²) >= 11 is 5.73. The molecule has 3 atom stereocenters. The van der Waals surface area contributed by atoms with E-state index in [9.17, 15) is 9.59 Å². The predicted molar refractivity (Wildman–Crippen MR) is 75.2 cm³/mol. The van der Waals surface area contributed by atoms with Crippen LogP contribution in [-0.4, -0.2) is 45.2 Å². The zero-order valence-corrected chi connectivity index (χ0v) is 12.6. The van der Waals surface area contributed by atoms with Crippen LogP contribution in [0.4, 0.5) is 0 Å². The fraction of sp³-hybridized carbons (Fsp3) is 0.615. The van der Waals surface area contributed by atoms with E-state index in [-0.39, 0.29) is 23.8 Å². The van der Waals surface area contributed by atoms with Crippen LogP contribution in [0.2, 0.25) is 0 Å². The minimum atomic E-state index is -0.573. The van der Waals surface area contributed by atoms with Crippen LogP contribution in [0.25, 0.3) is 0 Å². The number of alkyl halides is 1. The van der Waals surface area contributed by atoms with Gasteiger partial charge in [0, 0.05) is 45.4 Å². The molecule has 1 aliphatic heterocycles. The number of hydrogen-bond donors (Lipinski definition) is 1. The number of nitrogens with zero attached hydrogens (tertiary/aromatic N) is 3. The third-order valence-electron chi connectivity index (χ3n) is 3.72. The number of carbonyl (C=O) groups is 2. The number of halogens is 1. The highest BCUT2D eigenvalue weighted by molar-refractivity contribution is 6.30. The molecule has 0 bridgehead atoms. The molecule has 2 amide bonds. The van der Waals surface area contributed by atoms with Crippen molar-refractivity contribution in [3.8, 4) is 0 Å². The van der Waals surface area contributed by atoms with Crippen LogP contribution in [0.5, 0.6) is 0 Å². The molecule has 1 saturated heterocycles. The van der Waals surface area contributed by atoms with E-state index in [1.165, 1.54) is 0 Å². The first-order valence-electron chi connectivity index (χ1n) is 6.56. The maximum Gasteiger partial charge on any atom is 0.237 e. The SMILES string of the molecule is CC(Cl)C(=O)NC[C@@H]1CC(=O)N(C)[C@H]1c1nccn1C. The summed E-state index contributed by atoms with van der Waals surface area (Å²) in [5, 5.41) is 2.22. The van der Waals surface area contributed by atoms with Gasteiger partial charge in [0.05, 0.1) is 6.04 Å². The molecule has 1 unspecified atom stereocenters. The third-order valence-corrected chi connectivity index (χ3v) is 3.91. The summed E-state index contributed by atoms with van der Waals surface area (Å²) in [7, 11) is 3.67. The van der Waals surface area contributed by atoms with Crippen LogP contribution < -0.4 is 5.32 Å². The van der Waals surface area contributed by atoms with E-state index in [4.69, 9.17) is 11.6 Å². The van der Waals surface area contributed by atoms with Crippen LogP contribution in [0.1, 0.15) is 25.2 Å². The summed E-state index contributed by atoms with van der Waals surface area (Å²) in [5.41, 5.74) is 0. The number of carbonyl (C=O) groups excluding carboxylic acids is 2. The molecule has 110 valence electrons. The molecule has 0 radical (unpaired) electrons. The van der Waals surface area contributed by atoms with Gasteiger partial charge in [-0.1, -0.05) is 0 Å². The normalized spacial score (nSPS) is 24.0. The Morgan fingerprint density at radius 2 is 2.30 bits per heavy atom. The highest BCUT2D eigenvalue weighted by Gasteiger charge is 2.40. The van der Waals surface area contributed by atoms with Gasteiger partial charge in [-0.15, -0.1) is 11.6 Å². The van der Waals surface area contributed by atoms with Crippen molar-refractivity contribution in [1.82, 2.24) is 19.8 Å². The summed E-state index contributed by atoms with van der Waals surface area (Å²) in [4.78, 5) is 29.5. The van der Waals surface area contributed by atoms with Gasteiger partial charge >= 0.3 is 0 Å². The minimum absolute atomic E-state index is 0.00738. The Balaban J connectivity index is 2.13. The lowest BCUT2D eigenvalue weighted by Gasteiger charge is -2.24. The lowest BCUT2D eigenvalue weighted by molar-refractivity contribution is -0.127. The van der Waals surface area contributed by atoms with Crippen molar-refractivity contribution in [2.45, 2.75) is 24.8 Å². The zero-order valence-electron chi connectivity index (χ0n) is 11.8. The van der Waals surface area contributed by atoms with Crippen LogP contribution in [-0.2, 0) is 16.6 Å². The average Bonchev–Trinajstić information content (AvgIpc) is 2.91. The second kappa shape index (κ2) is 5.83. The fourth-order valence-corrected chi connectivity index (χ4v) is 2.63. The number of hydrogen-bond acceptors (Lipinski definition) is 3. The largest absolute Gasteiger partial charge is 0.354 e. The first kappa shape index (κ1) is 14.8. The maximum absolute atomic E-state index is 11.9. The predicted octanol–water partition coefficient (Wildman–Crippen LogP) is 0.683. The van der Waals surface area contributed by atoms with Gasteiger partial charge < -0.3 is 14.8 Å². The summed E-state index contributed by atoms with van der Waals surface area (Å²) in [6, 6.07) is -0.117. The summed E-state index contributed by atoms with van der Waals surface area (Å²) in [6.07, 6.45) is 3.97. The lowest BCUT2D eigenvalue weighted by Crippen LogP contribution is -2.36. The standard InChI is InChI=1S/C13H19ClN4O2/c1-8(14)13(20)16-7-9-6-10(19)18(3)11(9)12-15-4-5-17(12)2/h4-5,8-9,11H,6-7H2,1-3H3,(H,16,20)/t8?,9-,11+/m0/s1. The lowest BCUT2D eigenvalue weighted by atomic mass is 9.99. The fourth-order valence-electron chi connectivity index (χ4n) is 2.55. The Morgan fingerprint density at radius 3 is 2.85 bits per heavy atom. The number of rotatable bonds is 4. The van der Waals surface area contributed by atoms with Crippen molar-refractivity contribution in [3.63, 3.8) is 0 Å². The Morgan fingerprint density at radius 1 is 1.60 bits per heavy atom. The zero-order chi connectivity index (χ0) is 14.9. The second-order valence-electron chi connectivity index (χ2n) is 5.17. The van der Waals surface area contributed by atoms with E-state index in [1.54, 1.807) is 25.1 Å². The topological polar surface area (TPSA) is 67.2 Å². The molecule has 1 aromatic rings. The smallest absolute Gasteiger partial charge is 0.237 e. The average molecular weight is 299 g/mol. The number of likely N-dealkylation sites (tertiary alicyclic amines) is 1. The molecule has 1 fully saturated rings. The highest BCUT2D eigenvalue weighted by atomic mass is 35.5. The molecular formula is C13H19ClN4O2. The minimum Gasteiger partial charge on any atom is -0.354 e. The Kier molecular flexibility index (Phi) is 4.32. The molecular weight excluding hydrogens is 280 g/mol. The summed E-state index contributed by atoms with van der Waals surface area (Å²) in [6.45, 7) is 2.04. The molecule has 20 heavy (non-hydrogen) atoms. The van der Waals surface area contributed by atoms with Gasteiger partial charge in [0.25, 0.3) is 0 Å². The van der Waals surface area contributed by atoms with Gasteiger partial charge in [0.2, 0.25) is 11.8 Å². The molecule has 0 saturated carbocycles. The van der Waals surface area contributed by atoms with Crippen molar-refractivity contribution in [2.75, 3.05) is 13.6 Å². The van der Waals surface area contributed by atoms with Gasteiger partial charge in [-0.2, -0.15) is 0 Å². The van der Waals surface area contributed by atoms with Gasteiger partial charge in [-0.3, -0.25) is 9.59 Å². The Hall–Kier alpha value is -1.56. The molecule has 0 aromatic carbocycles. The van der Waals surface area contributed by atoms with E-state index >= 15 is 0 Å². The van der Waals surface area contributed by atoms with E-state index in [0.717, 1.165) is 5.82 Å². The van der Waals surface area contributed by atoms with Crippen LogP contribution in [0, 0.1) is 5.92 Å². The molecule has 2 rings (SSSR count). The van der Waals surface area contributed by atoms with Gasteiger partial charge in [0.15, 0.2) is 0 Å². The Bertz CT molecular complexity index is 514. The van der Waals surface area contributed by atoms with Crippen LogP contribution >= 0.6 is 11.6 Å². The van der Waals surface area contributed by atoms with Crippen LogP contribution in [0.3, 0.4) is 0 Å².